The van der Waals surface area contributed by atoms with Gasteiger partial charge in [0.25, 0.3) is 0 Å². The fourth-order valence-electron chi connectivity index (χ4n) is 3.02. The lowest BCUT2D eigenvalue weighted by Crippen LogP contribution is -2.42. The largest absolute Gasteiger partial charge is 0.366 e. The molecule has 0 radical (unpaired) electrons. The van der Waals surface area contributed by atoms with Crippen molar-refractivity contribution in [3.63, 3.8) is 0 Å². The highest BCUT2D eigenvalue weighted by Crippen LogP contribution is 2.28. The molecule has 1 aromatic heterocycles. The Morgan fingerprint density at radius 3 is 3.00 bits per heavy atom. The molecular weight excluding hydrogens is 226 g/mol. The minimum absolute atomic E-state index is 0.367. The number of aromatic nitrogens is 2. The van der Waals surface area contributed by atoms with Crippen molar-refractivity contribution >= 4 is 5.82 Å². The average molecular weight is 243 g/mol. The molecule has 5 nitrogen and oxygen atoms in total. The minimum Gasteiger partial charge on any atom is -0.366 e. The first-order valence-electron chi connectivity index (χ1n) is 6.58. The maximum atomic E-state index is 8.67. The second-order valence-corrected chi connectivity index (χ2v) is 5.10. The molecule has 0 amide bonds. The van der Waals surface area contributed by atoms with Gasteiger partial charge in [-0.3, -0.25) is 0 Å². The highest BCUT2D eigenvalue weighted by molar-refractivity contribution is 5.34. The molecule has 94 valence electrons. The summed E-state index contributed by atoms with van der Waals surface area (Å²) in [5.74, 6) is 0.783. The summed E-state index contributed by atoms with van der Waals surface area (Å²) in [4.78, 5) is 10.9. The van der Waals surface area contributed by atoms with E-state index in [0.717, 1.165) is 18.3 Å². The summed E-state index contributed by atoms with van der Waals surface area (Å²) in [5.41, 5.74) is 0.367. The number of hydrogen-bond donors (Lipinski definition) is 1. The van der Waals surface area contributed by atoms with E-state index in [2.05, 4.69) is 20.2 Å². The van der Waals surface area contributed by atoms with Crippen molar-refractivity contribution in [1.82, 2.24) is 14.9 Å². The van der Waals surface area contributed by atoms with Crippen molar-refractivity contribution < 1.29 is 0 Å². The van der Waals surface area contributed by atoms with E-state index < -0.39 is 0 Å². The van der Waals surface area contributed by atoms with Crippen LogP contribution in [0.1, 0.15) is 31.4 Å². The van der Waals surface area contributed by atoms with Crippen LogP contribution in [-0.2, 0) is 0 Å². The molecule has 0 aromatic carbocycles. The lowest BCUT2D eigenvalue weighted by Gasteiger charge is -2.35. The summed E-state index contributed by atoms with van der Waals surface area (Å²) < 4.78 is 0. The highest BCUT2D eigenvalue weighted by Gasteiger charge is 2.31. The molecule has 2 atom stereocenters. The zero-order chi connectivity index (χ0) is 12.4. The Kier molecular flexibility index (Phi) is 3.11. The second-order valence-electron chi connectivity index (χ2n) is 5.10. The fourth-order valence-corrected chi connectivity index (χ4v) is 3.02. The smallest absolute Gasteiger partial charge is 0.158 e. The molecule has 1 N–H and O–H groups in total. The van der Waals surface area contributed by atoms with E-state index in [1.807, 2.05) is 6.07 Å². The number of nitrogens with one attached hydrogen (secondary N) is 1. The SMILES string of the molecule is N#Cc1cnc(NC2CCN3CCCC3C2)cn1. The third kappa shape index (κ3) is 2.29. The third-order valence-electron chi connectivity index (χ3n) is 3.94. The molecule has 2 aliphatic rings. The predicted molar refractivity (Wildman–Crippen MR) is 68.0 cm³/mol. The monoisotopic (exact) mass is 243 g/mol. The van der Waals surface area contributed by atoms with Crippen molar-refractivity contribution in [1.29, 1.82) is 5.26 Å². The number of anilines is 1. The maximum Gasteiger partial charge on any atom is 0.158 e. The molecule has 0 aliphatic carbocycles. The van der Waals surface area contributed by atoms with Crippen molar-refractivity contribution in [3.8, 4) is 6.07 Å². The number of hydrogen-bond acceptors (Lipinski definition) is 5. The van der Waals surface area contributed by atoms with E-state index in [9.17, 15) is 0 Å². The number of fused-ring (bicyclic) bond motifs is 1. The molecule has 0 spiro atoms. The summed E-state index contributed by atoms with van der Waals surface area (Å²) >= 11 is 0. The maximum absolute atomic E-state index is 8.67. The lowest BCUT2D eigenvalue weighted by molar-refractivity contribution is 0.188. The van der Waals surface area contributed by atoms with Gasteiger partial charge in [0.2, 0.25) is 0 Å². The van der Waals surface area contributed by atoms with Gasteiger partial charge in [-0.1, -0.05) is 0 Å². The standard InChI is InChI=1S/C13H17N5/c14-7-11-8-16-13(9-15-11)17-10-3-5-18-4-1-2-12(18)6-10/h8-10,12H,1-6H2,(H,16,17). The summed E-state index contributed by atoms with van der Waals surface area (Å²) in [6, 6.07) is 3.22. The van der Waals surface area contributed by atoms with Gasteiger partial charge < -0.3 is 10.2 Å². The Balaban J connectivity index is 1.60. The molecule has 1 aromatic rings. The van der Waals surface area contributed by atoms with E-state index >= 15 is 0 Å². The summed E-state index contributed by atoms with van der Waals surface area (Å²) in [5, 5.41) is 12.1. The van der Waals surface area contributed by atoms with Crippen LogP contribution in [-0.4, -0.2) is 40.0 Å². The molecule has 3 rings (SSSR count). The first-order chi connectivity index (χ1) is 8.85. The first kappa shape index (κ1) is 11.4. The Morgan fingerprint density at radius 2 is 2.22 bits per heavy atom. The van der Waals surface area contributed by atoms with E-state index in [1.54, 1.807) is 6.20 Å². The van der Waals surface area contributed by atoms with Gasteiger partial charge in [-0.2, -0.15) is 5.26 Å². The molecular formula is C13H17N5. The zero-order valence-corrected chi connectivity index (χ0v) is 10.3. The molecule has 3 heterocycles. The van der Waals surface area contributed by atoms with Crippen molar-refractivity contribution in [2.24, 2.45) is 0 Å². The molecule has 0 saturated carbocycles. The van der Waals surface area contributed by atoms with E-state index in [0.29, 0.717) is 11.7 Å². The molecule has 5 heteroatoms. The van der Waals surface area contributed by atoms with Gasteiger partial charge in [-0.25, -0.2) is 9.97 Å². The van der Waals surface area contributed by atoms with Crippen molar-refractivity contribution in [3.05, 3.63) is 18.1 Å². The van der Waals surface area contributed by atoms with Crippen LogP contribution in [0.25, 0.3) is 0 Å². The topological polar surface area (TPSA) is 64.8 Å². The van der Waals surface area contributed by atoms with Crippen LogP contribution < -0.4 is 5.32 Å². The van der Waals surface area contributed by atoms with Crippen LogP contribution in [0.3, 0.4) is 0 Å². The quantitative estimate of drug-likeness (QED) is 0.850. The zero-order valence-electron chi connectivity index (χ0n) is 10.3. The van der Waals surface area contributed by atoms with Gasteiger partial charge in [0.15, 0.2) is 5.69 Å². The van der Waals surface area contributed by atoms with E-state index in [4.69, 9.17) is 5.26 Å². The number of nitrogens with zero attached hydrogens (tertiary/aromatic N) is 4. The molecule has 0 bridgehead atoms. The summed E-state index contributed by atoms with van der Waals surface area (Å²) in [6.07, 6.45) is 8.21. The summed E-state index contributed by atoms with van der Waals surface area (Å²) in [6.45, 7) is 2.46. The Hall–Kier alpha value is -1.67. The molecule has 2 unspecified atom stereocenters. The number of piperidine rings is 1. The third-order valence-corrected chi connectivity index (χ3v) is 3.94. The van der Waals surface area contributed by atoms with Crippen LogP contribution in [0.5, 0.6) is 0 Å². The van der Waals surface area contributed by atoms with Gasteiger partial charge in [-0.15, -0.1) is 0 Å². The lowest BCUT2D eigenvalue weighted by atomic mass is 9.98. The molecule has 2 saturated heterocycles. The van der Waals surface area contributed by atoms with Gasteiger partial charge in [-0.05, 0) is 32.2 Å². The number of nitriles is 1. The van der Waals surface area contributed by atoms with Crippen LogP contribution in [0, 0.1) is 11.3 Å². The Labute approximate surface area is 107 Å². The van der Waals surface area contributed by atoms with E-state index in [-0.39, 0.29) is 0 Å². The first-order valence-corrected chi connectivity index (χ1v) is 6.58. The van der Waals surface area contributed by atoms with Crippen LogP contribution in [0.15, 0.2) is 12.4 Å². The van der Waals surface area contributed by atoms with Gasteiger partial charge in [0.1, 0.15) is 11.9 Å². The number of rotatable bonds is 2. The van der Waals surface area contributed by atoms with Crippen molar-refractivity contribution in [2.75, 3.05) is 18.4 Å². The van der Waals surface area contributed by atoms with Gasteiger partial charge in [0.05, 0.1) is 12.4 Å². The molecule has 2 aliphatic heterocycles. The van der Waals surface area contributed by atoms with E-state index in [1.165, 1.54) is 38.5 Å². The normalized spacial score (nSPS) is 27.5. The Bertz CT molecular complexity index is 449. The summed E-state index contributed by atoms with van der Waals surface area (Å²) in [7, 11) is 0. The van der Waals surface area contributed by atoms with Crippen molar-refractivity contribution in [2.45, 2.75) is 37.8 Å². The van der Waals surface area contributed by atoms with Crippen LogP contribution in [0.2, 0.25) is 0 Å². The second kappa shape index (κ2) is 4.91. The fraction of sp³-hybridized carbons (Fsp3) is 0.615. The minimum atomic E-state index is 0.367. The highest BCUT2D eigenvalue weighted by atomic mass is 15.2. The van der Waals surface area contributed by atoms with Crippen LogP contribution >= 0.6 is 0 Å². The predicted octanol–water partition coefficient (Wildman–Crippen LogP) is 1.39. The average Bonchev–Trinajstić information content (AvgIpc) is 2.87. The Morgan fingerprint density at radius 1 is 1.28 bits per heavy atom. The van der Waals surface area contributed by atoms with Gasteiger partial charge in [0, 0.05) is 18.6 Å². The van der Waals surface area contributed by atoms with Crippen LogP contribution in [0.4, 0.5) is 5.82 Å². The molecule has 18 heavy (non-hydrogen) atoms. The molecule has 2 fully saturated rings. The van der Waals surface area contributed by atoms with Gasteiger partial charge >= 0.3 is 0 Å².